The van der Waals surface area contributed by atoms with Gasteiger partial charge in [0, 0.05) is 38.3 Å². The maximum absolute atomic E-state index is 14.1. The van der Waals surface area contributed by atoms with Crippen LogP contribution in [0.1, 0.15) is 34.4 Å². The summed E-state index contributed by atoms with van der Waals surface area (Å²) in [4.78, 5) is 17.3. The summed E-state index contributed by atoms with van der Waals surface area (Å²) in [6, 6.07) is 12.3. The van der Waals surface area contributed by atoms with Crippen molar-refractivity contribution in [1.29, 1.82) is 0 Å². The number of nitrogens with zero attached hydrogens (tertiary/aromatic N) is 4. The highest BCUT2D eigenvalue weighted by molar-refractivity contribution is 5.99. The molecule has 0 unspecified atom stereocenters. The molecule has 2 atom stereocenters. The Kier molecular flexibility index (Phi) is 6.61. The molecule has 0 radical (unpaired) electrons. The predicted molar refractivity (Wildman–Crippen MR) is 132 cm³/mol. The van der Waals surface area contributed by atoms with Crippen molar-refractivity contribution >= 4 is 17.4 Å². The molecule has 0 saturated carbocycles. The summed E-state index contributed by atoms with van der Waals surface area (Å²) in [6.07, 6.45) is -3.58. The average Bonchev–Trinajstić information content (AvgIpc) is 3.35. The van der Waals surface area contributed by atoms with Gasteiger partial charge < -0.3 is 24.6 Å². The molecule has 37 heavy (non-hydrogen) atoms. The first-order chi connectivity index (χ1) is 17.8. The van der Waals surface area contributed by atoms with E-state index in [1.807, 2.05) is 30.3 Å². The van der Waals surface area contributed by atoms with Crippen LogP contribution in [0.4, 0.5) is 24.7 Å². The smallest absolute Gasteiger partial charge is 0.410 e. The normalized spacial score (nSPS) is 19.7. The number of rotatable bonds is 5. The summed E-state index contributed by atoms with van der Waals surface area (Å²) in [6.45, 7) is 2.18. The maximum atomic E-state index is 14.1. The van der Waals surface area contributed by atoms with Gasteiger partial charge in [0.2, 0.25) is 0 Å². The van der Waals surface area contributed by atoms with Crippen LogP contribution in [0.25, 0.3) is 0 Å². The van der Waals surface area contributed by atoms with Crippen molar-refractivity contribution in [2.45, 2.75) is 24.7 Å². The number of amides is 1. The van der Waals surface area contributed by atoms with E-state index in [2.05, 4.69) is 15.3 Å². The topological polar surface area (TPSA) is 71.9 Å². The van der Waals surface area contributed by atoms with Crippen LogP contribution in [0.3, 0.4) is 0 Å². The summed E-state index contributed by atoms with van der Waals surface area (Å²) in [5.74, 6) is 0.626. The van der Waals surface area contributed by atoms with Gasteiger partial charge in [0.1, 0.15) is 11.4 Å². The molecule has 1 saturated heterocycles. The Morgan fingerprint density at radius 2 is 1.70 bits per heavy atom. The second-order valence-electron chi connectivity index (χ2n) is 9.07. The van der Waals surface area contributed by atoms with E-state index in [4.69, 9.17) is 9.47 Å². The number of hydrogen-bond acceptors (Lipinski definition) is 6. The van der Waals surface area contributed by atoms with Gasteiger partial charge in [-0.1, -0.05) is 24.3 Å². The molecule has 1 amide bonds. The Morgan fingerprint density at radius 1 is 1.00 bits per heavy atom. The van der Waals surface area contributed by atoms with Crippen LogP contribution in [-0.4, -0.2) is 67.2 Å². The first-order valence-electron chi connectivity index (χ1n) is 12.0. The van der Waals surface area contributed by atoms with Crippen molar-refractivity contribution < 1.29 is 27.4 Å². The molecule has 3 heterocycles. The number of aromatic nitrogens is 2. The standard InChI is InChI=1S/C26H28F3N5O3/c1-36-21-9-8-17(14-22(21)37-2)20-15-23(26(27,28)29)34-24(31-20)19(16-30-34)25(35)33-12-10-32(11-13-33)18-6-4-3-5-7-18/h3-9,14,16,20,23,31H,10-13,15H2,1-2H3/t20-,23-/m0/s1. The Balaban J connectivity index is 1.40. The minimum absolute atomic E-state index is 0.0730. The number of piperazine rings is 1. The number of carbonyl (C=O) groups is 1. The van der Waals surface area contributed by atoms with Crippen molar-refractivity contribution in [1.82, 2.24) is 14.7 Å². The largest absolute Gasteiger partial charge is 0.493 e. The number of methoxy groups -OCH3 is 2. The number of halogens is 3. The van der Waals surface area contributed by atoms with Gasteiger partial charge in [0.05, 0.1) is 26.5 Å². The first kappa shape index (κ1) is 24.8. The lowest BCUT2D eigenvalue weighted by Crippen LogP contribution is -2.49. The van der Waals surface area contributed by atoms with Gasteiger partial charge in [-0.15, -0.1) is 0 Å². The third-order valence-electron chi connectivity index (χ3n) is 6.97. The van der Waals surface area contributed by atoms with Crippen molar-refractivity contribution in [3.8, 4) is 11.5 Å². The molecule has 0 bridgehead atoms. The molecule has 0 spiro atoms. The molecule has 1 aromatic heterocycles. The van der Waals surface area contributed by atoms with Crippen LogP contribution in [-0.2, 0) is 0 Å². The number of alkyl halides is 3. The van der Waals surface area contributed by atoms with E-state index in [-0.39, 0.29) is 23.7 Å². The second-order valence-corrected chi connectivity index (χ2v) is 9.07. The van der Waals surface area contributed by atoms with Gasteiger partial charge in [0.15, 0.2) is 17.5 Å². The van der Waals surface area contributed by atoms with Crippen molar-refractivity contribution in [3.05, 3.63) is 65.9 Å². The van der Waals surface area contributed by atoms with E-state index in [1.165, 1.54) is 20.4 Å². The third-order valence-corrected chi connectivity index (χ3v) is 6.97. The Hall–Kier alpha value is -3.89. The fraction of sp³-hybridized carbons (Fsp3) is 0.385. The van der Waals surface area contributed by atoms with Gasteiger partial charge in [-0.3, -0.25) is 4.79 Å². The van der Waals surface area contributed by atoms with Crippen molar-refractivity contribution in [2.24, 2.45) is 0 Å². The molecule has 2 aliphatic heterocycles. The first-order valence-corrected chi connectivity index (χ1v) is 12.0. The molecule has 2 aromatic carbocycles. The van der Waals surface area contributed by atoms with Crippen LogP contribution in [0.2, 0.25) is 0 Å². The van der Waals surface area contributed by atoms with E-state index in [1.54, 1.807) is 23.1 Å². The third kappa shape index (κ3) is 4.77. The molecule has 1 N–H and O–H groups in total. The van der Waals surface area contributed by atoms with Gasteiger partial charge in [-0.2, -0.15) is 18.3 Å². The minimum atomic E-state index is -4.54. The number of anilines is 2. The van der Waals surface area contributed by atoms with Crippen LogP contribution in [0, 0.1) is 0 Å². The van der Waals surface area contributed by atoms with Gasteiger partial charge >= 0.3 is 6.18 Å². The molecule has 1 fully saturated rings. The van der Waals surface area contributed by atoms with E-state index in [0.29, 0.717) is 43.2 Å². The lowest BCUT2D eigenvalue weighted by atomic mass is 9.96. The zero-order valence-corrected chi connectivity index (χ0v) is 20.5. The number of para-hydroxylation sites is 1. The highest BCUT2D eigenvalue weighted by Gasteiger charge is 2.47. The highest BCUT2D eigenvalue weighted by atomic mass is 19.4. The Bertz CT molecular complexity index is 1260. The fourth-order valence-corrected chi connectivity index (χ4v) is 4.98. The number of fused-ring (bicyclic) bond motifs is 1. The van der Waals surface area contributed by atoms with E-state index >= 15 is 0 Å². The van der Waals surface area contributed by atoms with E-state index in [0.717, 1.165) is 10.4 Å². The van der Waals surface area contributed by atoms with Crippen LogP contribution in [0.15, 0.2) is 54.7 Å². The number of ether oxygens (including phenoxy) is 2. The molecular formula is C26H28F3N5O3. The van der Waals surface area contributed by atoms with Gasteiger partial charge in [-0.05, 0) is 29.8 Å². The molecule has 11 heteroatoms. The molecule has 0 aliphatic carbocycles. The van der Waals surface area contributed by atoms with E-state index < -0.39 is 18.3 Å². The number of benzene rings is 2. The average molecular weight is 516 g/mol. The van der Waals surface area contributed by atoms with Crippen molar-refractivity contribution in [3.63, 3.8) is 0 Å². The zero-order chi connectivity index (χ0) is 26.2. The summed E-state index contributed by atoms with van der Waals surface area (Å²) in [5, 5.41) is 7.16. The monoisotopic (exact) mass is 515 g/mol. The lowest BCUT2D eigenvalue weighted by molar-refractivity contribution is -0.173. The van der Waals surface area contributed by atoms with Crippen LogP contribution >= 0.6 is 0 Å². The Labute approximate surface area is 212 Å². The summed E-state index contributed by atoms with van der Waals surface area (Å²) in [7, 11) is 2.96. The van der Waals surface area contributed by atoms with Gasteiger partial charge in [-0.25, -0.2) is 4.68 Å². The summed E-state index contributed by atoms with van der Waals surface area (Å²) in [5.41, 5.74) is 1.80. The lowest BCUT2D eigenvalue weighted by Gasteiger charge is -2.37. The van der Waals surface area contributed by atoms with Crippen molar-refractivity contribution in [2.75, 3.05) is 50.6 Å². The summed E-state index contributed by atoms with van der Waals surface area (Å²) < 4.78 is 53.8. The molecule has 3 aromatic rings. The Morgan fingerprint density at radius 3 is 2.35 bits per heavy atom. The molecule has 196 valence electrons. The fourth-order valence-electron chi connectivity index (χ4n) is 4.98. The SMILES string of the molecule is COc1ccc([C@@H]2C[C@@H](C(F)(F)F)n3ncc(C(=O)N4CCN(c5ccccc5)CC4)c3N2)cc1OC. The predicted octanol–water partition coefficient (Wildman–Crippen LogP) is 4.52. The van der Waals surface area contributed by atoms with Gasteiger partial charge in [0.25, 0.3) is 5.91 Å². The van der Waals surface area contributed by atoms with Crippen LogP contribution < -0.4 is 19.7 Å². The molecular weight excluding hydrogens is 487 g/mol. The number of carbonyl (C=O) groups excluding carboxylic acids is 1. The minimum Gasteiger partial charge on any atom is -0.493 e. The quantitative estimate of drug-likeness (QED) is 0.539. The number of hydrogen-bond donors (Lipinski definition) is 1. The zero-order valence-electron chi connectivity index (χ0n) is 20.5. The second kappa shape index (κ2) is 9.87. The highest BCUT2D eigenvalue weighted by Crippen LogP contribution is 2.45. The number of nitrogens with one attached hydrogen (secondary N) is 1. The molecule has 2 aliphatic rings. The van der Waals surface area contributed by atoms with Crippen LogP contribution in [0.5, 0.6) is 11.5 Å². The summed E-state index contributed by atoms with van der Waals surface area (Å²) >= 11 is 0. The van der Waals surface area contributed by atoms with E-state index in [9.17, 15) is 18.0 Å². The molecule has 5 rings (SSSR count). The molecule has 8 nitrogen and oxygen atoms in total. The maximum Gasteiger partial charge on any atom is 0.410 e.